The van der Waals surface area contributed by atoms with Crippen LogP contribution in [0.3, 0.4) is 0 Å². The summed E-state index contributed by atoms with van der Waals surface area (Å²) in [6.07, 6.45) is 0. The monoisotopic (exact) mass is 290 g/mol. The Kier molecular flexibility index (Phi) is 3.36. The van der Waals surface area contributed by atoms with Gasteiger partial charge in [-0.05, 0) is 30.3 Å². The molecule has 5 heteroatoms. The summed E-state index contributed by atoms with van der Waals surface area (Å²) in [7, 11) is 0. The van der Waals surface area contributed by atoms with Crippen LogP contribution >= 0.6 is 23.4 Å². The predicted octanol–water partition coefficient (Wildman–Crippen LogP) is 4.36. The molecule has 0 aliphatic rings. The third-order valence-electron chi connectivity index (χ3n) is 2.67. The van der Waals surface area contributed by atoms with Gasteiger partial charge in [-0.15, -0.1) is 11.8 Å². The van der Waals surface area contributed by atoms with Gasteiger partial charge >= 0.3 is 0 Å². The fourth-order valence-electron chi connectivity index (χ4n) is 1.72. The molecule has 96 valence electrons. The number of nitrogen functional groups attached to an aromatic ring is 1. The fraction of sp³-hybridized carbons (Fsp3) is 0.0714. The van der Waals surface area contributed by atoms with Crippen molar-refractivity contribution >= 4 is 40.1 Å². The van der Waals surface area contributed by atoms with Gasteiger partial charge in [0.05, 0.1) is 16.5 Å². The SMILES string of the molecule is Nc1ccc(SCc2nc3ccccc3o2)cc1Cl. The van der Waals surface area contributed by atoms with E-state index in [-0.39, 0.29) is 0 Å². The van der Waals surface area contributed by atoms with Gasteiger partial charge in [0.25, 0.3) is 0 Å². The van der Waals surface area contributed by atoms with E-state index in [9.17, 15) is 0 Å². The lowest BCUT2D eigenvalue weighted by atomic mass is 10.3. The Morgan fingerprint density at radius 3 is 2.84 bits per heavy atom. The van der Waals surface area contributed by atoms with Crippen molar-refractivity contribution < 1.29 is 4.42 Å². The second-order valence-electron chi connectivity index (χ2n) is 4.05. The minimum absolute atomic E-state index is 0.572. The topological polar surface area (TPSA) is 52.0 Å². The molecule has 0 spiro atoms. The minimum atomic E-state index is 0.572. The van der Waals surface area contributed by atoms with E-state index in [1.165, 1.54) is 0 Å². The minimum Gasteiger partial charge on any atom is -0.440 e. The van der Waals surface area contributed by atoms with Crippen molar-refractivity contribution in [1.29, 1.82) is 0 Å². The first-order valence-corrected chi connectivity index (χ1v) is 7.11. The lowest BCUT2D eigenvalue weighted by Gasteiger charge is -2.01. The number of nitrogens with zero attached hydrogens (tertiary/aromatic N) is 1. The number of halogens is 1. The number of benzene rings is 2. The van der Waals surface area contributed by atoms with Crippen LogP contribution < -0.4 is 5.73 Å². The number of anilines is 1. The van der Waals surface area contributed by atoms with Crippen molar-refractivity contribution in [2.45, 2.75) is 10.6 Å². The standard InChI is InChI=1S/C14H11ClN2OS/c15-10-7-9(5-6-11(10)16)19-8-14-17-12-3-1-2-4-13(12)18-14/h1-7H,8,16H2. The van der Waals surface area contributed by atoms with Crippen molar-refractivity contribution in [1.82, 2.24) is 4.98 Å². The van der Waals surface area contributed by atoms with Gasteiger partial charge in [-0.25, -0.2) is 4.98 Å². The van der Waals surface area contributed by atoms with E-state index in [0.717, 1.165) is 16.0 Å². The van der Waals surface area contributed by atoms with Crippen LogP contribution in [0.4, 0.5) is 5.69 Å². The quantitative estimate of drug-likeness (QED) is 0.575. The maximum Gasteiger partial charge on any atom is 0.205 e. The largest absolute Gasteiger partial charge is 0.440 e. The smallest absolute Gasteiger partial charge is 0.205 e. The van der Waals surface area contributed by atoms with Gasteiger partial charge in [-0.3, -0.25) is 0 Å². The number of thioether (sulfide) groups is 1. The molecule has 2 aromatic carbocycles. The van der Waals surface area contributed by atoms with Crippen LogP contribution in [0.15, 0.2) is 51.8 Å². The average Bonchev–Trinajstić information content (AvgIpc) is 2.83. The molecule has 0 saturated carbocycles. The summed E-state index contributed by atoms with van der Waals surface area (Å²) in [4.78, 5) is 5.47. The van der Waals surface area contributed by atoms with Gasteiger partial charge in [0, 0.05) is 4.90 Å². The van der Waals surface area contributed by atoms with Crippen LogP contribution in [0.5, 0.6) is 0 Å². The third kappa shape index (κ3) is 2.69. The molecule has 0 aliphatic carbocycles. The summed E-state index contributed by atoms with van der Waals surface area (Å²) < 4.78 is 5.65. The second-order valence-corrected chi connectivity index (χ2v) is 5.50. The Morgan fingerprint density at radius 2 is 2.05 bits per heavy atom. The Hall–Kier alpha value is -1.65. The third-order valence-corrected chi connectivity index (χ3v) is 3.98. The van der Waals surface area contributed by atoms with E-state index < -0.39 is 0 Å². The first-order chi connectivity index (χ1) is 9.22. The van der Waals surface area contributed by atoms with Crippen LogP contribution in [-0.4, -0.2) is 4.98 Å². The van der Waals surface area contributed by atoms with Crippen LogP contribution in [0.25, 0.3) is 11.1 Å². The average molecular weight is 291 g/mol. The number of fused-ring (bicyclic) bond motifs is 1. The first kappa shape index (κ1) is 12.4. The van der Waals surface area contributed by atoms with E-state index >= 15 is 0 Å². The van der Waals surface area contributed by atoms with Gasteiger partial charge in [-0.2, -0.15) is 0 Å². The summed E-state index contributed by atoms with van der Waals surface area (Å²) in [6, 6.07) is 13.3. The number of rotatable bonds is 3. The summed E-state index contributed by atoms with van der Waals surface area (Å²) in [5.41, 5.74) is 7.96. The molecule has 2 N–H and O–H groups in total. The Morgan fingerprint density at radius 1 is 1.21 bits per heavy atom. The molecule has 3 nitrogen and oxygen atoms in total. The molecule has 0 atom stereocenters. The number of para-hydroxylation sites is 2. The second kappa shape index (κ2) is 5.15. The molecule has 0 saturated heterocycles. The van der Waals surface area contributed by atoms with Crippen LogP contribution in [-0.2, 0) is 5.75 Å². The molecule has 19 heavy (non-hydrogen) atoms. The number of hydrogen-bond acceptors (Lipinski definition) is 4. The molecule has 0 fully saturated rings. The highest BCUT2D eigenvalue weighted by molar-refractivity contribution is 7.98. The van der Waals surface area contributed by atoms with Gasteiger partial charge in [0.1, 0.15) is 5.52 Å². The van der Waals surface area contributed by atoms with Gasteiger partial charge in [-0.1, -0.05) is 23.7 Å². The summed E-state index contributed by atoms with van der Waals surface area (Å²) in [5.74, 6) is 1.37. The molecular formula is C14H11ClN2OS. The van der Waals surface area contributed by atoms with Crippen LogP contribution in [0.2, 0.25) is 5.02 Å². The zero-order valence-corrected chi connectivity index (χ0v) is 11.5. The highest BCUT2D eigenvalue weighted by Gasteiger charge is 2.06. The normalized spacial score (nSPS) is 11.0. The number of hydrogen-bond donors (Lipinski definition) is 1. The van der Waals surface area contributed by atoms with E-state index in [1.807, 2.05) is 36.4 Å². The summed E-state index contributed by atoms with van der Waals surface area (Å²) >= 11 is 7.60. The molecule has 0 radical (unpaired) electrons. The lowest BCUT2D eigenvalue weighted by molar-refractivity contribution is 0.556. The molecule has 0 bridgehead atoms. The summed E-state index contributed by atoms with van der Waals surface area (Å²) in [6.45, 7) is 0. The van der Waals surface area contributed by atoms with E-state index in [1.54, 1.807) is 17.8 Å². The van der Waals surface area contributed by atoms with Crippen molar-refractivity contribution in [2.75, 3.05) is 5.73 Å². The van der Waals surface area contributed by atoms with Crippen LogP contribution in [0, 0.1) is 0 Å². The number of aromatic nitrogens is 1. The lowest BCUT2D eigenvalue weighted by Crippen LogP contribution is -1.86. The first-order valence-electron chi connectivity index (χ1n) is 5.74. The fourth-order valence-corrected chi connectivity index (χ4v) is 2.75. The highest BCUT2D eigenvalue weighted by atomic mass is 35.5. The highest BCUT2D eigenvalue weighted by Crippen LogP contribution is 2.29. The van der Waals surface area contributed by atoms with Gasteiger partial charge < -0.3 is 10.2 Å². The molecule has 1 heterocycles. The molecule has 0 amide bonds. The van der Waals surface area contributed by atoms with Crippen LogP contribution in [0.1, 0.15) is 5.89 Å². The maximum atomic E-state index is 5.98. The number of oxazole rings is 1. The molecule has 1 aromatic heterocycles. The Bertz CT molecular complexity index is 693. The van der Waals surface area contributed by atoms with Crippen molar-refractivity contribution in [3.8, 4) is 0 Å². The van der Waals surface area contributed by atoms with E-state index in [4.69, 9.17) is 21.8 Å². The predicted molar refractivity (Wildman–Crippen MR) is 79.4 cm³/mol. The van der Waals surface area contributed by atoms with Gasteiger partial charge in [0.2, 0.25) is 5.89 Å². The zero-order chi connectivity index (χ0) is 13.2. The maximum absolute atomic E-state index is 5.98. The van der Waals surface area contributed by atoms with E-state index in [0.29, 0.717) is 22.4 Å². The number of nitrogens with two attached hydrogens (primary N) is 1. The van der Waals surface area contributed by atoms with E-state index in [2.05, 4.69) is 4.98 Å². The van der Waals surface area contributed by atoms with Crippen molar-refractivity contribution in [3.63, 3.8) is 0 Å². The van der Waals surface area contributed by atoms with Crippen molar-refractivity contribution in [2.24, 2.45) is 0 Å². The molecular weight excluding hydrogens is 280 g/mol. The van der Waals surface area contributed by atoms with Gasteiger partial charge in [0.15, 0.2) is 5.58 Å². The van der Waals surface area contributed by atoms with Crippen molar-refractivity contribution in [3.05, 3.63) is 53.4 Å². The molecule has 0 unspecified atom stereocenters. The molecule has 3 rings (SSSR count). The Balaban J connectivity index is 1.76. The zero-order valence-electron chi connectivity index (χ0n) is 9.97. The molecule has 0 aliphatic heterocycles. The molecule has 3 aromatic rings. The summed E-state index contributed by atoms with van der Waals surface area (Å²) in [5, 5.41) is 0.572. The Labute approximate surface area is 119 Å².